The standard InChI is InChI=1S/C9H9NO4/c1-4-3-6(8(11)12)10-5(2)7(4)9(13)14/h3H,1-2H3,(H,11,12)(H,13,14). The zero-order valence-corrected chi connectivity index (χ0v) is 7.74. The lowest BCUT2D eigenvalue weighted by Crippen LogP contribution is -2.09. The van der Waals surface area contributed by atoms with E-state index >= 15 is 0 Å². The molecule has 2 N–H and O–H groups in total. The van der Waals surface area contributed by atoms with E-state index in [0.29, 0.717) is 5.56 Å². The number of carbonyl (C=O) groups is 2. The lowest BCUT2D eigenvalue weighted by Gasteiger charge is -2.05. The number of aryl methyl sites for hydroxylation is 2. The van der Waals surface area contributed by atoms with Crippen LogP contribution in [-0.2, 0) is 0 Å². The fourth-order valence-electron chi connectivity index (χ4n) is 1.26. The highest BCUT2D eigenvalue weighted by atomic mass is 16.4. The van der Waals surface area contributed by atoms with Crippen LogP contribution in [0.3, 0.4) is 0 Å². The van der Waals surface area contributed by atoms with Crippen LogP contribution in [0.15, 0.2) is 6.07 Å². The van der Waals surface area contributed by atoms with Gasteiger partial charge >= 0.3 is 11.9 Å². The van der Waals surface area contributed by atoms with E-state index in [2.05, 4.69) is 4.98 Å². The van der Waals surface area contributed by atoms with Crippen LogP contribution >= 0.6 is 0 Å². The molecule has 0 aliphatic rings. The molecule has 0 radical (unpaired) electrons. The van der Waals surface area contributed by atoms with Crippen molar-refractivity contribution in [2.24, 2.45) is 0 Å². The minimum absolute atomic E-state index is 0.0648. The molecule has 0 spiro atoms. The van der Waals surface area contributed by atoms with Gasteiger partial charge in [0, 0.05) is 0 Å². The Morgan fingerprint density at radius 1 is 1.21 bits per heavy atom. The summed E-state index contributed by atoms with van der Waals surface area (Å²) in [7, 11) is 0. The van der Waals surface area contributed by atoms with Crippen molar-refractivity contribution in [2.45, 2.75) is 13.8 Å². The molecule has 0 saturated carbocycles. The third kappa shape index (κ3) is 1.71. The molecule has 14 heavy (non-hydrogen) atoms. The molecule has 5 heteroatoms. The molecule has 0 fully saturated rings. The average Bonchev–Trinajstić information content (AvgIpc) is 2.01. The molecule has 0 bridgehead atoms. The Morgan fingerprint density at radius 3 is 2.14 bits per heavy atom. The van der Waals surface area contributed by atoms with E-state index in [0.717, 1.165) is 0 Å². The van der Waals surface area contributed by atoms with Crippen LogP contribution in [-0.4, -0.2) is 27.1 Å². The van der Waals surface area contributed by atoms with Crippen molar-refractivity contribution < 1.29 is 19.8 Å². The highest BCUT2D eigenvalue weighted by molar-refractivity contribution is 5.92. The number of carboxylic acid groups (broad SMARTS) is 2. The number of rotatable bonds is 2. The van der Waals surface area contributed by atoms with Gasteiger partial charge in [0.15, 0.2) is 0 Å². The van der Waals surface area contributed by atoms with E-state index in [1.54, 1.807) is 6.92 Å². The van der Waals surface area contributed by atoms with E-state index in [4.69, 9.17) is 10.2 Å². The van der Waals surface area contributed by atoms with Crippen LogP contribution in [0.4, 0.5) is 0 Å². The fourth-order valence-corrected chi connectivity index (χ4v) is 1.26. The molecule has 1 rings (SSSR count). The molecule has 0 saturated heterocycles. The molecule has 0 amide bonds. The summed E-state index contributed by atoms with van der Waals surface area (Å²) in [5, 5.41) is 17.4. The number of carboxylic acids is 2. The molecule has 0 atom stereocenters. The van der Waals surface area contributed by atoms with Gasteiger partial charge < -0.3 is 10.2 Å². The SMILES string of the molecule is Cc1cc(C(=O)O)nc(C)c1C(=O)O. The number of nitrogens with zero attached hydrogens (tertiary/aromatic N) is 1. The Balaban J connectivity index is 3.39. The molecular formula is C9H9NO4. The van der Waals surface area contributed by atoms with E-state index in [1.165, 1.54) is 13.0 Å². The number of aromatic nitrogens is 1. The maximum absolute atomic E-state index is 10.7. The Bertz CT molecular complexity index is 388. The zero-order valence-electron chi connectivity index (χ0n) is 7.74. The normalized spacial score (nSPS) is 9.86. The smallest absolute Gasteiger partial charge is 0.354 e. The van der Waals surface area contributed by atoms with Crippen LogP contribution in [0.25, 0.3) is 0 Å². The Kier molecular flexibility index (Phi) is 2.51. The van der Waals surface area contributed by atoms with Gasteiger partial charge in [-0.3, -0.25) is 0 Å². The maximum atomic E-state index is 10.7. The van der Waals surface area contributed by atoms with Crippen LogP contribution in [0.2, 0.25) is 0 Å². The second kappa shape index (κ2) is 3.45. The molecule has 0 aliphatic carbocycles. The van der Waals surface area contributed by atoms with Crippen molar-refractivity contribution in [1.82, 2.24) is 4.98 Å². The minimum atomic E-state index is -1.16. The van der Waals surface area contributed by atoms with Crippen molar-refractivity contribution >= 4 is 11.9 Å². The number of hydrogen-bond acceptors (Lipinski definition) is 3. The average molecular weight is 195 g/mol. The number of hydrogen-bond donors (Lipinski definition) is 2. The first kappa shape index (κ1) is 10.2. The van der Waals surface area contributed by atoms with E-state index in [9.17, 15) is 9.59 Å². The van der Waals surface area contributed by atoms with Gasteiger partial charge in [-0.15, -0.1) is 0 Å². The third-order valence-electron chi connectivity index (χ3n) is 1.83. The first-order valence-corrected chi connectivity index (χ1v) is 3.88. The van der Waals surface area contributed by atoms with Gasteiger partial charge in [-0.05, 0) is 25.5 Å². The molecule has 0 aromatic carbocycles. The largest absolute Gasteiger partial charge is 0.478 e. The van der Waals surface area contributed by atoms with Crippen LogP contribution < -0.4 is 0 Å². The minimum Gasteiger partial charge on any atom is -0.478 e. The van der Waals surface area contributed by atoms with Crippen molar-refractivity contribution in [2.75, 3.05) is 0 Å². The maximum Gasteiger partial charge on any atom is 0.354 e. The lowest BCUT2D eigenvalue weighted by molar-refractivity contribution is 0.0674. The van der Waals surface area contributed by atoms with Crippen molar-refractivity contribution in [1.29, 1.82) is 0 Å². The highest BCUT2D eigenvalue weighted by Crippen LogP contribution is 2.13. The second-order valence-corrected chi connectivity index (χ2v) is 2.90. The Labute approximate surface area is 80.0 Å². The molecule has 1 aromatic heterocycles. The summed E-state index contributed by atoms with van der Waals surface area (Å²) in [6.07, 6.45) is 0. The molecule has 0 unspecified atom stereocenters. The predicted octanol–water partition coefficient (Wildman–Crippen LogP) is 1.09. The molecule has 74 valence electrons. The summed E-state index contributed by atoms with van der Waals surface area (Å²) in [6, 6.07) is 1.25. The predicted molar refractivity (Wildman–Crippen MR) is 47.6 cm³/mol. The summed E-state index contributed by atoms with van der Waals surface area (Å²) < 4.78 is 0. The fraction of sp³-hybridized carbons (Fsp3) is 0.222. The van der Waals surface area contributed by atoms with Crippen LogP contribution in [0.5, 0.6) is 0 Å². The first-order chi connectivity index (χ1) is 6.43. The van der Waals surface area contributed by atoms with E-state index in [-0.39, 0.29) is 17.0 Å². The molecule has 1 aromatic rings. The molecule has 5 nitrogen and oxygen atoms in total. The summed E-state index contributed by atoms with van der Waals surface area (Å²) in [4.78, 5) is 25.0. The molecular weight excluding hydrogens is 186 g/mol. The quantitative estimate of drug-likeness (QED) is 0.737. The zero-order chi connectivity index (χ0) is 10.9. The van der Waals surface area contributed by atoms with Crippen LogP contribution in [0, 0.1) is 13.8 Å². The monoisotopic (exact) mass is 195 g/mol. The van der Waals surface area contributed by atoms with Gasteiger partial charge in [0.05, 0.1) is 11.3 Å². The Morgan fingerprint density at radius 2 is 1.79 bits per heavy atom. The third-order valence-corrected chi connectivity index (χ3v) is 1.83. The van der Waals surface area contributed by atoms with Crippen molar-refractivity contribution in [3.8, 4) is 0 Å². The lowest BCUT2D eigenvalue weighted by atomic mass is 10.1. The Hall–Kier alpha value is -1.91. The van der Waals surface area contributed by atoms with Gasteiger partial charge in [-0.25, -0.2) is 14.6 Å². The summed E-state index contributed by atoms with van der Waals surface area (Å²) in [5.74, 6) is -2.25. The first-order valence-electron chi connectivity index (χ1n) is 3.88. The second-order valence-electron chi connectivity index (χ2n) is 2.90. The number of aromatic carboxylic acids is 2. The van der Waals surface area contributed by atoms with Gasteiger partial charge in [-0.2, -0.15) is 0 Å². The van der Waals surface area contributed by atoms with E-state index < -0.39 is 11.9 Å². The van der Waals surface area contributed by atoms with Crippen molar-refractivity contribution in [3.63, 3.8) is 0 Å². The molecule has 0 aliphatic heterocycles. The van der Waals surface area contributed by atoms with Gasteiger partial charge in [-0.1, -0.05) is 0 Å². The van der Waals surface area contributed by atoms with E-state index in [1.807, 2.05) is 0 Å². The van der Waals surface area contributed by atoms with Gasteiger partial charge in [0.1, 0.15) is 5.69 Å². The topological polar surface area (TPSA) is 87.5 Å². The highest BCUT2D eigenvalue weighted by Gasteiger charge is 2.15. The van der Waals surface area contributed by atoms with Gasteiger partial charge in [0.25, 0.3) is 0 Å². The van der Waals surface area contributed by atoms with Crippen molar-refractivity contribution in [3.05, 3.63) is 28.6 Å². The summed E-state index contributed by atoms with van der Waals surface area (Å²) in [5.41, 5.74) is 0.553. The van der Waals surface area contributed by atoms with Gasteiger partial charge in [0.2, 0.25) is 0 Å². The summed E-state index contributed by atoms with van der Waals surface area (Å²) in [6.45, 7) is 3.02. The summed E-state index contributed by atoms with van der Waals surface area (Å²) >= 11 is 0. The number of pyridine rings is 1. The van der Waals surface area contributed by atoms with Crippen LogP contribution in [0.1, 0.15) is 32.1 Å². The molecule has 1 heterocycles.